The van der Waals surface area contributed by atoms with Crippen molar-refractivity contribution in [2.75, 3.05) is 9.80 Å². The van der Waals surface area contributed by atoms with E-state index < -0.39 is 0 Å². The van der Waals surface area contributed by atoms with Crippen molar-refractivity contribution >= 4 is 89.7 Å². The van der Waals surface area contributed by atoms with Crippen LogP contribution in [0, 0.1) is 0 Å². The highest BCUT2D eigenvalue weighted by Gasteiger charge is 2.45. The van der Waals surface area contributed by atoms with Crippen LogP contribution in [0.15, 0.2) is 297 Å². The van der Waals surface area contributed by atoms with Crippen LogP contribution in [-0.2, 0) is 0 Å². The van der Waals surface area contributed by atoms with Gasteiger partial charge in [0, 0.05) is 50.6 Å². The maximum absolute atomic E-state index is 5.64. The minimum Gasteiger partial charge on any atom is -0.311 e. The molecule has 14 aromatic rings. The lowest BCUT2D eigenvalue weighted by Gasteiger charge is -2.45. The molecule has 13 aromatic carbocycles. The molecule has 0 aliphatic carbocycles. The summed E-state index contributed by atoms with van der Waals surface area (Å²) in [5.41, 5.74) is 23.2. The summed E-state index contributed by atoms with van der Waals surface area (Å²) in [4.78, 5) is 16.3. The van der Waals surface area contributed by atoms with Gasteiger partial charge in [-0.15, -0.1) is 0 Å². The van der Waals surface area contributed by atoms with Crippen molar-refractivity contribution in [1.29, 1.82) is 0 Å². The summed E-state index contributed by atoms with van der Waals surface area (Å²) < 4.78 is 0. The molecule has 0 radical (unpaired) electrons. The highest BCUT2D eigenvalue weighted by atomic mass is 15.2. The van der Waals surface area contributed by atoms with Gasteiger partial charge in [-0.25, -0.2) is 9.97 Å². The van der Waals surface area contributed by atoms with Gasteiger partial charge in [0.25, 0.3) is 6.71 Å². The number of nitrogens with zero attached hydrogens (tertiary/aromatic N) is 4. The zero-order valence-corrected chi connectivity index (χ0v) is 44.2. The molecule has 0 spiro atoms. The van der Waals surface area contributed by atoms with E-state index in [-0.39, 0.29) is 6.71 Å². The zero-order chi connectivity index (χ0) is 53.4. The van der Waals surface area contributed by atoms with Gasteiger partial charge in [-0.3, -0.25) is 0 Å². The van der Waals surface area contributed by atoms with Gasteiger partial charge < -0.3 is 9.80 Å². The third kappa shape index (κ3) is 7.85. The van der Waals surface area contributed by atoms with E-state index in [9.17, 15) is 0 Å². The molecule has 0 fully saturated rings. The van der Waals surface area contributed by atoms with Gasteiger partial charge in [-0.1, -0.05) is 231 Å². The quantitative estimate of drug-likeness (QED) is 0.142. The van der Waals surface area contributed by atoms with Gasteiger partial charge >= 0.3 is 0 Å². The molecule has 0 N–H and O–H groups in total. The summed E-state index contributed by atoms with van der Waals surface area (Å²) in [7, 11) is 0. The van der Waals surface area contributed by atoms with E-state index in [1.165, 1.54) is 37.9 Å². The largest absolute Gasteiger partial charge is 0.311 e. The van der Waals surface area contributed by atoms with Crippen LogP contribution in [0.4, 0.5) is 34.1 Å². The fourth-order valence-electron chi connectivity index (χ4n) is 12.9. The van der Waals surface area contributed by atoms with Crippen LogP contribution < -0.4 is 26.2 Å². The summed E-state index contributed by atoms with van der Waals surface area (Å²) in [6.07, 6.45) is 0. The summed E-state index contributed by atoms with van der Waals surface area (Å²) in [6, 6.07) is 109. The smallest absolute Gasteiger partial charge is 0.253 e. The molecule has 1 aromatic heterocycles. The minimum atomic E-state index is -0.187. The number of para-hydroxylation sites is 1. The molecule has 0 saturated heterocycles. The first-order chi connectivity index (χ1) is 40.2. The van der Waals surface area contributed by atoms with Crippen LogP contribution in [0.5, 0.6) is 0 Å². The fourth-order valence-corrected chi connectivity index (χ4v) is 12.9. The van der Waals surface area contributed by atoms with Crippen LogP contribution in [0.2, 0.25) is 0 Å². The monoisotopic (exact) mass is 1030 g/mol. The Morgan fingerprint density at radius 3 is 1.05 bits per heavy atom. The highest BCUT2D eigenvalue weighted by Crippen LogP contribution is 2.50. The van der Waals surface area contributed by atoms with E-state index in [1.54, 1.807) is 0 Å². The second-order valence-electron chi connectivity index (χ2n) is 21.3. The SMILES string of the molecule is c1ccc(-c2cc(-c3ccccc3)cc(N3c4cc(-c5nc(-c6ccccc6)c6ccccc6n5)cc5c4B(c4c3ccc3ccccc43)c3c(ccc4ccccc34)N5c3cc(-c4ccccc4)cc(-c4ccccc4)c3)c2)cc1. The van der Waals surface area contributed by atoms with Crippen molar-refractivity contribution in [1.82, 2.24) is 9.97 Å². The van der Waals surface area contributed by atoms with E-state index in [2.05, 4.69) is 307 Å². The molecule has 5 heteroatoms. The van der Waals surface area contributed by atoms with Crippen molar-refractivity contribution in [3.8, 4) is 67.2 Å². The van der Waals surface area contributed by atoms with Crippen molar-refractivity contribution in [3.05, 3.63) is 297 Å². The van der Waals surface area contributed by atoms with Crippen LogP contribution in [0.3, 0.4) is 0 Å². The van der Waals surface area contributed by atoms with Gasteiger partial charge in [0.15, 0.2) is 5.82 Å². The van der Waals surface area contributed by atoms with Crippen molar-refractivity contribution in [2.24, 2.45) is 0 Å². The number of aromatic nitrogens is 2. The Kier molecular flexibility index (Phi) is 11.0. The standard InChI is InChI=1S/C76H49BN4/c1-6-22-50(23-7-1)57-42-58(51-24-8-2-9-25-51)45-62(44-57)80-68-40-38-54-30-16-18-34-64(54)72(68)77-73-65-35-19-17-31-55(65)39-41-69(73)81(63-46-59(52-26-10-3-11-27-52)43-60(47-63)53-28-12-4-13-29-53)71-49-61(48-70(80)74(71)77)76-78-67-37-21-20-36-66(67)75(79-76)56-32-14-5-15-33-56/h1-49H. The number of anilines is 6. The lowest BCUT2D eigenvalue weighted by atomic mass is 9.32. The van der Waals surface area contributed by atoms with Crippen LogP contribution in [0.25, 0.3) is 99.6 Å². The first-order valence-corrected chi connectivity index (χ1v) is 27.8. The Hall–Kier alpha value is -10.6. The van der Waals surface area contributed by atoms with Crippen molar-refractivity contribution in [3.63, 3.8) is 0 Å². The normalized spacial score (nSPS) is 12.4. The Labute approximate surface area is 471 Å². The summed E-state index contributed by atoms with van der Waals surface area (Å²) in [5.74, 6) is 0.655. The molecule has 0 saturated carbocycles. The minimum absolute atomic E-state index is 0.187. The Balaban J connectivity index is 1.07. The van der Waals surface area contributed by atoms with Gasteiger partial charge in [0.05, 0.1) is 11.2 Å². The lowest BCUT2D eigenvalue weighted by molar-refractivity contribution is 1.21. The van der Waals surface area contributed by atoms with Crippen molar-refractivity contribution in [2.45, 2.75) is 0 Å². The molecule has 0 unspecified atom stereocenters. The number of rotatable bonds is 8. The molecule has 0 atom stereocenters. The molecule has 4 nitrogen and oxygen atoms in total. The molecular formula is C76H49BN4. The van der Waals surface area contributed by atoms with Gasteiger partial charge in [0.1, 0.15) is 0 Å². The van der Waals surface area contributed by atoms with Crippen LogP contribution in [-0.4, -0.2) is 16.7 Å². The first-order valence-electron chi connectivity index (χ1n) is 27.8. The molecule has 3 heterocycles. The maximum Gasteiger partial charge on any atom is 0.253 e. The average Bonchev–Trinajstić information content (AvgIpc) is 3.01. The van der Waals surface area contributed by atoms with E-state index >= 15 is 0 Å². The van der Waals surface area contributed by atoms with E-state index in [0.717, 1.165) is 106 Å². The topological polar surface area (TPSA) is 32.3 Å². The predicted molar refractivity (Wildman–Crippen MR) is 341 cm³/mol. The van der Waals surface area contributed by atoms with Gasteiger partial charge in [-0.2, -0.15) is 0 Å². The third-order valence-corrected chi connectivity index (χ3v) is 16.6. The molecule has 2 aliphatic rings. The molecule has 2 aliphatic heterocycles. The van der Waals surface area contributed by atoms with Gasteiger partial charge in [0.2, 0.25) is 0 Å². The Bertz CT molecular complexity index is 4410. The molecule has 376 valence electrons. The molecule has 0 amide bonds. The molecule has 16 rings (SSSR count). The number of benzene rings is 13. The fraction of sp³-hybridized carbons (Fsp3) is 0. The average molecular weight is 1030 g/mol. The summed E-state index contributed by atoms with van der Waals surface area (Å²) in [6.45, 7) is -0.187. The number of hydrogen-bond acceptors (Lipinski definition) is 4. The maximum atomic E-state index is 5.64. The lowest BCUT2D eigenvalue weighted by Crippen LogP contribution is -2.61. The van der Waals surface area contributed by atoms with E-state index in [4.69, 9.17) is 9.97 Å². The number of hydrogen-bond donors (Lipinski definition) is 0. The molecular weight excluding hydrogens is 980 g/mol. The van der Waals surface area contributed by atoms with Crippen LogP contribution in [0.1, 0.15) is 0 Å². The second kappa shape index (κ2) is 19.1. The zero-order valence-electron chi connectivity index (χ0n) is 44.2. The summed E-state index contributed by atoms with van der Waals surface area (Å²) >= 11 is 0. The molecule has 0 bridgehead atoms. The van der Waals surface area contributed by atoms with Gasteiger partial charge in [-0.05, 0) is 149 Å². The second-order valence-corrected chi connectivity index (χ2v) is 21.3. The van der Waals surface area contributed by atoms with E-state index in [1.807, 2.05) is 0 Å². The number of fused-ring (bicyclic) bond motifs is 9. The Morgan fingerprint density at radius 1 is 0.247 bits per heavy atom. The third-order valence-electron chi connectivity index (χ3n) is 16.6. The van der Waals surface area contributed by atoms with Crippen molar-refractivity contribution < 1.29 is 0 Å². The Morgan fingerprint density at radius 2 is 0.617 bits per heavy atom. The van der Waals surface area contributed by atoms with Crippen LogP contribution >= 0.6 is 0 Å². The van der Waals surface area contributed by atoms with E-state index in [0.29, 0.717) is 5.82 Å². The molecule has 81 heavy (non-hydrogen) atoms. The highest BCUT2D eigenvalue weighted by molar-refractivity contribution is 7.03. The predicted octanol–water partition coefficient (Wildman–Crippen LogP) is 18.0. The summed E-state index contributed by atoms with van der Waals surface area (Å²) in [5, 5.41) is 5.86. The first kappa shape index (κ1) is 46.5.